The van der Waals surface area contributed by atoms with Crippen LogP contribution in [0, 0.1) is 17.7 Å². The van der Waals surface area contributed by atoms with Gasteiger partial charge in [-0.1, -0.05) is 6.92 Å². The lowest BCUT2D eigenvalue weighted by atomic mass is 9.98. The summed E-state index contributed by atoms with van der Waals surface area (Å²) in [6.07, 6.45) is 2.72. The summed E-state index contributed by atoms with van der Waals surface area (Å²) in [5.74, 6) is -1.11. The quantitative estimate of drug-likeness (QED) is 0.673. The van der Waals surface area contributed by atoms with Crippen molar-refractivity contribution in [2.75, 3.05) is 32.8 Å². The van der Waals surface area contributed by atoms with Crippen molar-refractivity contribution in [2.24, 2.45) is 11.8 Å². The molecule has 0 spiro atoms. The number of nitrogens with zero attached hydrogens (tertiary/aromatic N) is 2. The zero-order valence-corrected chi connectivity index (χ0v) is 17.4. The van der Waals surface area contributed by atoms with Crippen molar-refractivity contribution >= 4 is 21.9 Å². The van der Waals surface area contributed by atoms with Gasteiger partial charge in [0.2, 0.25) is 10.0 Å². The van der Waals surface area contributed by atoms with Crippen LogP contribution >= 0.6 is 0 Å². The van der Waals surface area contributed by atoms with E-state index in [1.54, 1.807) is 4.90 Å². The standard InChI is InChI=1S/C20H27FN2O5S/c1-15-3-2-10-22(13-15)19(24)14-28-20(25)16-8-11-23(12-9-16)29(26,27)18-6-4-17(21)5-7-18/h4-7,15-16H,2-3,8-14H2,1H3/t15-/m1/s1. The molecule has 0 N–H and O–H groups in total. The van der Waals surface area contributed by atoms with Crippen molar-refractivity contribution < 1.29 is 27.1 Å². The first kappa shape index (κ1) is 21.7. The van der Waals surface area contributed by atoms with Crippen molar-refractivity contribution in [3.63, 3.8) is 0 Å². The maximum absolute atomic E-state index is 13.0. The number of rotatable bonds is 5. The summed E-state index contributed by atoms with van der Waals surface area (Å²) < 4.78 is 44.8. The van der Waals surface area contributed by atoms with Gasteiger partial charge < -0.3 is 9.64 Å². The zero-order valence-electron chi connectivity index (χ0n) is 16.5. The monoisotopic (exact) mass is 426 g/mol. The molecule has 3 rings (SSSR count). The fourth-order valence-corrected chi connectivity index (χ4v) is 5.32. The largest absolute Gasteiger partial charge is 0.455 e. The number of amides is 1. The third kappa shape index (κ3) is 5.33. The molecule has 0 saturated carbocycles. The third-order valence-electron chi connectivity index (χ3n) is 5.59. The molecule has 0 unspecified atom stereocenters. The maximum atomic E-state index is 13.0. The van der Waals surface area contributed by atoms with E-state index in [0.717, 1.165) is 25.0 Å². The molecule has 2 saturated heterocycles. The van der Waals surface area contributed by atoms with Gasteiger partial charge in [-0.05, 0) is 55.9 Å². The Bertz CT molecular complexity index is 835. The topological polar surface area (TPSA) is 84.0 Å². The summed E-state index contributed by atoms with van der Waals surface area (Å²) in [6, 6.07) is 4.68. The van der Waals surface area contributed by atoms with Gasteiger partial charge in [0.15, 0.2) is 6.61 Å². The van der Waals surface area contributed by atoms with Gasteiger partial charge >= 0.3 is 5.97 Å². The Balaban J connectivity index is 1.48. The van der Waals surface area contributed by atoms with E-state index in [1.807, 2.05) is 0 Å². The fraction of sp³-hybridized carbons (Fsp3) is 0.600. The molecule has 1 aromatic carbocycles. The van der Waals surface area contributed by atoms with Crippen LogP contribution in [0.2, 0.25) is 0 Å². The number of sulfonamides is 1. The van der Waals surface area contributed by atoms with Crippen LogP contribution in [-0.2, 0) is 24.3 Å². The van der Waals surface area contributed by atoms with Gasteiger partial charge in [0.05, 0.1) is 10.8 Å². The molecule has 0 radical (unpaired) electrons. The predicted molar refractivity (Wildman–Crippen MR) is 104 cm³/mol. The first-order chi connectivity index (χ1) is 13.8. The van der Waals surface area contributed by atoms with Gasteiger partial charge in [-0.25, -0.2) is 12.8 Å². The summed E-state index contributed by atoms with van der Waals surface area (Å²) in [6.45, 7) is 3.57. The number of halogens is 1. The molecule has 2 fully saturated rings. The van der Waals surface area contributed by atoms with Crippen LogP contribution in [0.1, 0.15) is 32.6 Å². The molecule has 0 aliphatic carbocycles. The Labute approximate surface area is 170 Å². The lowest BCUT2D eigenvalue weighted by Crippen LogP contribution is -2.43. The summed E-state index contributed by atoms with van der Waals surface area (Å²) >= 11 is 0. The summed E-state index contributed by atoms with van der Waals surface area (Å²) in [5, 5.41) is 0. The molecule has 160 valence electrons. The van der Waals surface area contributed by atoms with Gasteiger partial charge in [0.1, 0.15) is 5.82 Å². The Hall–Kier alpha value is -2.00. The van der Waals surface area contributed by atoms with E-state index in [-0.39, 0.29) is 30.5 Å². The number of esters is 1. The second-order valence-corrected chi connectivity index (χ2v) is 9.77. The molecule has 0 bridgehead atoms. The van der Waals surface area contributed by atoms with Crippen LogP contribution < -0.4 is 0 Å². The molecule has 7 nitrogen and oxygen atoms in total. The highest BCUT2D eigenvalue weighted by Crippen LogP contribution is 2.25. The highest BCUT2D eigenvalue weighted by molar-refractivity contribution is 7.89. The maximum Gasteiger partial charge on any atom is 0.309 e. The van der Waals surface area contributed by atoms with E-state index in [9.17, 15) is 22.4 Å². The number of piperidine rings is 2. The minimum Gasteiger partial charge on any atom is -0.455 e. The van der Waals surface area contributed by atoms with E-state index in [0.29, 0.717) is 31.8 Å². The van der Waals surface area contributed by atoms with Crippen molar-refractivity contribution in [3.8, 4) is 0 Å². The third-order valence-corrected chi connectivity index (χ3v) is 7.50. The van der Waals surface area contributed by atoms with E-state index >= 15 is 0 Å². The average Bonchev–Trinajstić information content (AvgIpc) is 2.72. The number of carbonyl (C=O) groups excluding carboxylic acids is 2. The van der Waals surface area contributed by atoms with Crippen LogP contribution in [0.4, 0.5) is 4.39 Å². The van der Waals surface area contributed by atoms with Gasteiger partial charge in [0.25, 0.3) is 5.91 Å². The highest BCUT2D eigenvalue weighted by Gasteiger charge is 2.33. The molecule has 9 heteroatoms. The van der Waals surface area contributed by atoms with E-state index in [4.69, 9.17) is 4.74 Å². The molecule has 1 aromatic rings. The van der Waals surface area contributed by atoms with Crippen molar-refractivity contribution in [3.05, 3.63) is 30.1 Å². The first-order valence-corrected chi connectivity index (χ1v) is 11.4. The minimum absolute atomic E-state index is 0.0290. The Kier molecular flexibility index (Phi) is 6.89. The normalized spacial score (nSPS) is 21.7. The van der Waals surface area contributed by atoms with Crippen molar-refractivity contribution in [1.82, 2.24) is 9.21 Å². The molecule has 2 aliphatic heterocycles. The SMILES string of the molecule is C[C@@H]1CCCN(C(=O)COC(=O)C2CCN(S(=O)(=O)c3ccc(F)cc3)CC2)C1. The van der Waals surface area contributed by atoms with Crippen LogP contribution in [0.15, 0.2) is 29.2 Å². The van der Waals surface area contributed by atoms with Crippen LogP contribution in [0.3, 0.4) is 0 Å². The summed E-state index contributed by atoms with van der Waals surface area (Å²) in [5.41, 5.74) is 0. The molecule has 2 heterocycles. The number of benzene rings is 1. The van der Waals surface area contributed by atoms with Crippen LogP contribution in [0.5, 0.6) is 0 Å². The second-order valence-electron chi connectivity index (χ2n) is 7.83. The Morgan fingerprint density at radius 3 is 2.38 bits per heavy atom. The fourth-order valence-electron chi connectivity index (χ4n) is 3.85. The molecule has 1 atom stereocenters. The van der Waals surface area contributed by atoms with Crippen LogP contribution in [-0.4, -0.2) is 62.3 Å². The van der Waals surface area contributed by atoms with E-state index in [1.165, 1.54) is 16.4 Å². The minimum atomic E-state index is -3.72. The molecular weight excluding hydrogens is 399 g/mol. The summed E-state index contributed by atoms with van der Waals surface area (Å²) in [7, 11) is -3.72. The molecule has 29 heavy (non-hydrogen) atoms. The molecule has 1 amide bonds. The predicted octanol–water partition coefficient (Wildman–Crippen LogP) is 2.03. The molecule has 2 aliphatic rings. The second kappa shape index (κ2) is 9.21. The number of ether oxygens (including phenoxy) is 1. The Morgan fingerprint density at radius 2 is 1.76 bits per heavy atom. The summed E-state index contributed by atoms with van der Waals surface area (Å²) in [4.78, 5) is 26.3. The number of carbonyl (C=O) groups is 2. The van der Waals surface area contributed by atoms with E-state index < -0.39 is 27.7 Å². The van der Waals surface area contributed by atoms with E-state index in [2.05, 4.69) is 6.92 Å². The lowest BCUT2D eigenvalue weighted by molar-refractivity contribution is -0.157. The van der Waals surface area contributed by atoms with Gasteiger partial charge in [-0.3, -0.25) is 9.59 Å². The number of hydrogen-bond donors (Lipinski definition) is 0. The smallest absolute Gasteiger partial charge is 0.309 e. The molecule has 0 aromatic heterocycles. The first-order valence-electron chi connectivity index (χ1n) is 9.97. The Morgan fingerprint density at radius 1 is 1.10 bits per heavy atom. The lowest BCUT2D eigenvalue weighted by Gasteiger charge is -2.32. The molecular formula is C20H27FN2O5S. The van der Waals surface area contributed by atoms with Crippen LogP contribution in [0.25, 0.3) is 0 Å². The number of hydrogen-bond acceptors (Lipinski definition) is 5. The highest BCUT2D eigenvalue weighted by atomic mass is 32.2. The van der Waals surface area contributed by atoms with Gasteiger partial charge in [-0.15, -0.1) is 0 Å². The van der Waals surface area contributed by atoms with Gasteiger partial charge in [0, 0.05) is 26.2 Å². The zero-order chi connectivity index (χ0) is 21.0. The van der Waals surface area contributed by atoms with Gasteiger partial charge in [-0.2, -0.15) is 4.31 Å². The number of likely N-dealkylation sites (tertiary alicyclic amines) is 1. The van der Waals surface area contributed by atoms with Crippen molar-refractivity contribution in [2.45, 2.75) is 37.5 Å². The van der Waals surface area contributed by atoms with Crippen molar-refractivity contribution in [1.29, 1.82) is 0 Å². The average molecular weight is 427 g/mol.